The van der Waals surface area contributed by atoms with Crippen LogP contribution >= 0.6 is 0 Å². The average molecular weight is 425 g/mol. The third-order valence-electron chi connectivity index (χ3n) is 5.64. The number of aromatic nitrogens is 3. The van der Waals surface area contributed by atoms with E-state index in [2.05, 4.69) is 15.3 Å². The summed E-state index contributed by atoms with van der Waals surface area (Å²) < 4.78 is 1.89. The molecule has 8 nitrogen and oxygen atoms in total. The molecule has 2 aromatic carbocycles. The van der Waals surface area contributed by atoms with Crippen LogP contribution in [-0.4, -0.2) is 43.0 Å². The van der Waals surface area contributed by atoms with E-state index in [0.29, 0.717) is 22.6 Å². The van der Waals surface area contributed by atoms with Crippen molar-refractivity contribution in [1.29, 1.82) is 0 Å². The van der Waals surface area contributed by atoms with Crippen LogP contribution in [0.4, 0.5) is 5.69 Å². The molecule has 2 aromatic heterocycles. The highest BCUT2D eigenvalue weighted by molar-refractivity contribution is 6.23. The summed E-state index contributed by atoms with van der Waals surface area (Å²) in [7, 11) is 0. The van der Waals surface area contributed by atoms with Crippen LogP contribution in [0.3, 0.4) is 0 Å². The summed E-state index contributed by atoms with van der Waals surface area (Å²) in [6.45, 7) is 3.49. The molecule has 0 bridgehead atoms. The standard InChI is InChI=1S/C24H19N5O3/c1-14-20(27-24-25-11-6-12-28(14)24)16-7-5-8-17(13-16)26-21(30)15(2)29-22(31)18-9-3-4-10-19(18)23(29)32/h3-13,15H,1-2H3,(H,26,30)/t15-/m0/s1. The Morgan fingerprint density at radius 3 is 2.41 bits per heavy atom. The van der Waals surface area contributed by atoms with E-state index >= 15 is 0 Å². The number of carbonyl (C=O) groups excluding carboxylic acids is 3. The number of imidazole rings is 1. The lowest BCUT2D eigenvalue weighted by molar-refractivity contribution is -0.119. The fourth-order valence-corrected chi connectivity index (χ4v) is 3.94. The molecule has 0 fully saturated rings. The molecule has 1 atom stereocenters. The molecule has 4 aromatic rings. The summed E-state index contributed by atoms with van der Waals surface area (Å²) in [5, 5.41) is 2.81. The fraction of sp³-hybridized carbons (Fsp3) is 0.125. The molecule has 1 aliphatic rings. The zero-order valence-corrected chi connectivity index (χ0v) is 17.4. The first kappa shape index (κ1) is 19.6. The van der Waals surface area contributed by atoms with E-state index in [4.69, 9.17) is 0 Å². The SMILES string of the molecule is Cc1c(-c2cccc(NC(=O)[C@H](C)N3C(=O)c4ccccc4C3=O)c2)nc2ncccn12. The molecule has 158 valence electrons. The summed E-state index contributed by atoms with van der Waals surface area (Å²) in [6, 6.07) is 14.7. The van der Waals surface area contributed by atoms with Crippen molar-refractivity contribution in [2.45, 2.75) is 19.9 Å². The number of hydrogen-bond acceptors (Lipinski definition) is 5. The Bertz CT molecular complexity index is 1370. The molecule has 0 saturated heterocycles. The minimum absolute atomic E-state index is 0.315. The lowest BCUT2D eigenvalue weighted by Gasteiger charge is -2.21. The third kappa shape index (κ3) is 3.04. The van der Waals surface area contributed by atoms with Crippen LogP contribution in [0.25, 0.3) is 17.0 Å². The number of imide groups is 1. The molecule has 0 saturated carbocycles. The number of nitrogens with zero attached hydrogens (tertiary/aromatic N) is 4. The monoisotopic (exact) mass is 425 g/mol. The number of amides is 3. The maximum atomic E-state index is 12.9. The van der Waals surface area contributed by atoms with Gasteiger partial charge in [-0.25, -0.2) is 9.97 Å². The second-order valence-electron chi connectivity index (χ2n) is 7.61. The number of hydrogen-bond donors (Lipinski definition) is 1. The number of carbonyl (C=O) groups is 3. The molecule has 0 unspecified atom stereocenters. The second kappa shape index (κ2) is 7.42. The second-order valence-corrected chi connectivity index (χ2v) is 7.61. The molecular weight excluding hydrogens is 406 g/mol. The highest BCUT2D eigenvalue weighted by Gasteiger charge is 2.40. The number of nitrogens with one attached hydrogen (secondary N) is 1. The summed E-state index contributed by atoms with van der Waals surface area (Å²) in [6.07, 6.45) is 3.58. The van der Waals surface area contributed by atoms with Gasteiger partial charge in [0, 0.05) is 29.3 Å². The van der Waals surface area contributed by atoms with E-state index in [1.807, 2.05) is 41.8 Å². The Labute approximate surface area is 183 Å². The first-order valence-electron chi connectivity index (χ1n) is 10.1. The average Bonchev–Trinajstić information content (AvgIpc) is 3.28. The number of anilines is 1. The van der Waals surface area contributed by atoms with Gasteiger partial charge in [0.2, 0.25) is 11.7 Å². The van der Waals surface area contributed by atoms with E-state index in [9.17, 15) is 14.4 Å². The van der Waals surface area contributed by atoms with Crippen molar-refractivity contribution in [3.63, 3.8) is 0 Å². The summed E-state index contributed by atoms with van der Waals surface area (Å²) >= 11 is 0. The van der Waals surface area contributed by atoms with Gasteiger partial charge in [-0.2, -0.15) is 0 Å². The maximum Gasteiger partial charge on any atom is 0.262 e. The van der Waals surface area contributed by atoms with Gasteiger partial charge >= 0.3 is 0 Å². The highest BCUT2D eigenvalue weighted by Crippen LogP contribution is 2.27. The van der Waals surface area contributed by atoms with Gasteiger partial charge in [-0.1, -0.05) is 24.3 Å². The van der Waals surface area contributed by atoms with Crippen molar-refractivity contribution in [3.8, 4) is 11.3 Å². The Kier molecular flexibility index (Phi) is 4.55. The number of aryl methyl sites for hydroxylation is 1. The van der Waals surface area contributed by atoms with Crippen LogP contribution in [0.1, 0.15) is 33.3 Å². The van der Waals surface area contributed by atoms with Gasteiger partial charge in [0.05, 0.1) is 16.8 Å². The normalized spacial score (nSPS) is 14.0. The molecule has 0 spiro atoms. The van der Waals surface area contributed by atoms with Crippen LogP contribution < -0.4 is 5.32 Å². The highest BCUT2D eigenvalue weighted by atomic mass is 16.2. The van der Waals surface area contributed by atoms with Crippen molar-refractivity contribution < 1.29 is 14.4 Å². The van der Waals surface area contributed by atoms with Crippen LogP contribution in [0.2, 0.25) is 0 Å². The van der Waals surface area contributed by atoms with E-state index in [1.165, 1.54) is 0 Å². The topological polar surface area (TPSA) is 96.7 Å². The van der Waals surface area contributed by atoms with Gasteiger partial charge in [0.25, 0.3) is 11.8 Å². The van der Waals surface area contributed by atoms with E-state index in [-0.39, 0.29) is 0 Å². The summed E-state index contributed by atoms with van der Waals surface area (Å²) in [5.41, 5.74) is 3.67. The van der Waals surface area contributed by atoms with Crippen LogP contribution in [0.5, 0.6) is 0 Å². The van der Waals surface area contributed by atoms with Crippen molar-refractivity contribution in [2.24, 2.45) is 0 Å². The van der Waals surface area contributed by atoms with Crippen molar-refractivity contribution in [1.82, 2.24) is 19.3 Å². The smallest absolute Gasteiger partial charge is 0.262 e. The lowest BCUT2D eigenvalue weighted by Crippen LogP contribution is -2.45. The zero-order chi connectivity index (χ0) is 22.4. The molecule has 1 N–H and O–H groups in total. The number of benzene rings is 2. The first-order chi connectivity index (χ1) is 15.5. The predicted molar refractivity (Wildman–Crippen MR) is 118 cm³/mol. The van der Waals surface area contributed by atoms with Gasteiger partial charge in [-0.3, -0.25) is 23.7 Å². The van der Waals surface area contributed by atoms with Crippen molar-refractivity contribution >= 4 is 29.2 Å². The molecular formula is C24H19N5O3. The van der Waals surface area contributed by atoms with E-state index in [1.54, 1.807) is 43.5 Å². The van der Waals surface area contributed by atoms with Crippen molar-refractivity contribution in [3.05, 3.63) is 83.8 Å². The Morgan fingerprint density at radius 2 is 1.72 bits per heavy atom. The van der Waals surface area contributed by atoms with Gasteiger partial charge < -0.3 is 5.32 Å². The Morgan fingerprint density at radius 1 is 1.00 bits per heavy atom. The van der Waals surface area contributed by atoms with Gasteiger partial charge in [-0.05, 0) is 44.2 Å². The van der Waals surface area contributed by atoms with E-state index < -0.39 is 23.8 Å². The van der Waals surface area contributed by atoms with Crippen LogP contribution in [0, 0.1) is 6.92 Å². The minimum atomic E-state index is -0.966. The zero-order valence-electron chi connectivity index (χ0n) is 17.4. The van der Waals surface area contributed by atoms with Gasteiger partial charge in [0.15, 0.2) is 0 Å². The maximum absolute atomic E-state index is 12.9. The Balaban J connectivity index is 1.39. The van der Waals surface area contributed by atoms with Gasteiger partial charge in [-0.15, -0.1) is 0 Å². The molecule has 0 aliphatic carbocycles. The first-order valence-corrected chi connectivity index (χ1v) is 10.1. The van der Waals surface area contributed by atoms with Crippen LogP contribution in [-0.2, 0) is 4.79 Å². The number of rotatable bonds is 4. The van der Waals surface area contributed by atoms with Crippen LogP contribution in [0.15, 0.2) is 67.0 Å². The largest absolute Gasteiger partial charge is 0.324 e. The number of fused-ring (bicyclic) bond motifs is 2. The minimum Gasteiger partial charge on any atom is -0.324 e. The van der Waals surface area contributed by atoms with Crippen molar-refractivity contribution in [2.75, 3.05) is 5.32 Å². The Hall–Kier alpha value is -4.33. The summed E-state index contributed by atoms with van der Waals surface area (Å²) in [5.74, 6) is -0.789. The lowest BCUT2D eigenvalue weighted by atomic mass is 10.1. The third-order valence-corrected chi connectivity index (χ3v) is 5.64. The molecule has 32 heavy (non-hydrogen) atoms. The molecule has 3 amide bonds. The fourth-order valence-electron chi connectivity index (χ4n) is 3.94. The van der Waals surface area contributed by atoms with Gasteiger partial charge in [0.1, 0.15) is 6.04 Å². The molecule has 3 heterocycles. The quantitative estimate of drug-likeness (QED) is 0.506. The molecule has 0 radical (unpaired) electrons. The summed E-state index contributed by atoms with van der Waals surface area (Å²) in [4.78, 5) is 48.1. The van der Waals surface area contributed by atoms with E-state index in [0.717, 1.165) is 21.9 Å². The molecule has 8 heteroatoms. The predicted octanol–water partition coefficient (Wildman–Crippen LogP) is 3.33. The molecule has 5 rings (SSSR count). The molecule has 1 aliphatic heterocycles.